The van der Waals surface area contributed by atoms with Crippen LogP contribution in [0, 0.1) is 17.2 Å². The highest BCUT2D eigenvalue weighted by Crippen LogP contribution is 2.35. The highest BCUT2D eigenvalue weighted by molar-refractivity contribution is 7.88. The molecule has 11 heteroatoms. The van der Waals surface area contributed by atoms with E-state index in [-0.39, 0.29) is 24.3 Å². The molecule has 2 N–H and O–H groups in total. The molecule has 0 amide bonds. The zero-order valence-electron chi connectivity index (χ0n) is 16.8. The summed E-state index contributed by atoms with van der Waals surface area (Å²) in [5.41, 5.74) is 1.66. The number of piperidine rings is 1. The van der Waals surface area contributed by atoms with Gasteiger partial charge in [-0.3, -0.25) is 0 Å². The molecule has 1 aliphatic heterocycles. The number of halogens is 1. The van der Waals surface area contributed by atoms with Gasteiger partial charge in [-0.2, -0.15) is 9.57 Å². The molecule has 29 heavy (non-hydrogen) atoms. The fourth-order valence-corrected chi connectivity index (χ4v) is 4.61. The predicted octanol–water partition coefficient (Wildman–Crippen LogP) is 1.82. The van der Waals surface area contributed by atoms with E-state index in [4.69, 9.17) is 11.6 Å². The first-order valence-electron chi connectivity index (χ1n) is 9.41. The first-order chi connectivity index (χ1) is 13.5. The zero-order valence-corrected chi connectivity index (χ0v) is 18.4. The van der Waals surface area contributed by atoms with Crippen LogP contribution in [0.4, 0.5) is 5.95 Å². The number of aromatic nitrogens is 3. The lowest BCUT2D eigenvalue weighted by Crippen LogP contribution is -2.51. The van der Waals surface area contributed by atoms with E-state index in [0.29, 0.717) is 29.1 Å². The maximum atomic E-state index is 11.7. The van der Waals surface area contributed by atoms with Gasteiger partial charge in [0.2, 0.25) is 16.0 Å². The van der Waals surface area contributed by atoms with Gasteiger partial charge in [0, 0.05) is 19.0 Å². The predicted molar refractivity (Wildman–Crippen MR) is 110 cm³/mol. The molecule has 1 aliphatic rings. The number of aliphatic hydroxyl groups excluding tert-OH is 1. The van der Waals surface area contributed by atoms with Gasteiger partial charge in [-0.1, -0.05) is 32.4 Å². The van der Waals surface area contributed by atoms with Crippen LogP contribution in [0.2, 0.25) is 5.02 Å². The normalized spacial score (nSPS) is 22.0. The van der Waals surface area contributed by atoms with Crippen LogP contribution in [-0.2, 0) is 10.0 Å². The summed E-state index contributed by atoms with van der Waals surface area (Å²) in [4.78, 5) is 4.28. The van der Waals surface area contributed by atoms with Crippen molar-refractivity contribution in [1.82, 2.24) is 18.9 Å². The van der Waals surface area contributed by atoms with Crippen molar-refractivity contribution in [1.29, 1.82) is 5.26 Å². The summed E-state index contributed by atoms with van der Waals surface area (Å²) in [6.45, 7) is 6.46. The Balaban J connectivity index is 1.92. The van der Waals surface area contributed by atoms with Gasteiger partial charge in [0.1, 0.15) is 11.6 Å². The molecule has 0 spiro atoms. The van der Waals surface area contributed by atoms with Crippen molar-refractivity contribution in [3.8, 4) is 6.07 Å². The highest BCUT2D eigenvalue weighted by atomic mass is 35.5. The third kappa shape index (κ3) is 4.19. The second-order valence-electron chi connectivity index (χ2n) is 7.83. The minimum atomic E-state index is -3.35. The number of fused-ring (bicyclic) bond motifs is 1. The van der Waals surface area contributed by atoms with Crippen molar-refractivity contribution >= 4 is 33.1 Å². The molecular weight excluding hydrogens is 416 g/mol. The van der Waals surface area contributed by atoms with E-state index in [1.165, 1.54) is 4.31 Å². The summed E-state index contributed by atoms with van der Waals surface area (Å²) in [5, 5.41) is 27.9. The van der Waals surface area contributed by atoms with Crippen LogP contribution in [0.25, 0.3) is 5.52 Å². The second-order valence-corrected chi connectivity index (χ2v) is 10.2. The van der Waals surface area contributed by atoms with E-state index in [1.807, 2.05) is 6.92 Å². The number of sulfonamides is 1. The minimum Gasteiger partial charge on any atom is -0.390 e. The molecule has 2 aromatic heterocycles. The third-order valence-electron chi connectivity index (χ3n) is 5.53. The maximum absolute atomic E-state index is 11.7. The van der Waals surface area contributed by atoms with Crippen molar-refractivity contribution in [2.24, 2.45) is 5.92 Å². The number of anilines is 1. The lowest BCUT2D eigenvalue weighted by molar-refractivity contribution is 0.0950. The van der Waals surface area contributed by atoms with Crippen LogP contribution in [0.15, 0.2) is 6.20 Å². The largest absolute Gasteiger partial charge is 0.390 e. The van der Waals surface area contributed by atoms with Crippen LogP contribution in [-0.4, -0.2) is 63.9 Å². The van der Waals surface area contributed by atoms with E-state index < -0.39 is 22.2 Å². The summed E-state index contributed by atoms with van der Waals surface area (Å²) in [5.74, 6) is 0.587. The Morgan fingerprint density at radius 3 is 2.66 bits per heavy atom. The van der Waals surface area contributed by atoms with Gasteiger partial charge in [0.15, 0.2) is 0 Å². The van der Waals surface area contributed by atoms with Gasteiger partial charge >= 0.3 is 0 Å². The van der Waals surface area contributed by atoms with E-state index in [9.17, 15) is 18.8 Å². The Morgan fingerprint density at radius 1 is 1.41 bits per heavy atom. The number of aliphatic hydroxyl groups is 1. The van der Waals surface area contributed by atoms with Gasteiger partial charge in [-0.15, -0.1) is 5.10 Å². The monoisotopic (exact) mass is 440 g/mol. The quantitative estimate of drug-likeness (QED) is 0.726. The lowest BCUT2D eigenvalue weighted by Gasteiger charge is -2.34. The van der Waals surface area contributed by atoms with E-state index in [0.717, 1.165) is 11.9 Å². The van der Waals surface area contributed by atoms with Crippen LogP contribution < -0.4 is 5.32 Å². The van der Waals surface area contributed by atoms with Crippen molar-refractivity contribution < 1.29 is 13.5 Å². The number of nitriles is 1. The molecule has 1 unspecified atom stereocenters. The first kappa shape index (κ1) is 21.8. The zero-order chi connectivity index (χ0) is 21.5. The Kier molecular flexibility index (Phi) is 6.06. The molecule has 2 aromatic rings. The number of rotatable bonds is 5. The van der Waals surface area contributed by atoms with Gasteiger partial charge in [-0.05, 0) is 12.3 Å². The summed E-state index contributed by atoms with van der Waals surface area (Å²) in [7, 11) is -3.35. The number of hydrogen-bond acceptors (Lipinski definition) is 7. The molecule has 3 atom stereocenters. The van der Waals surface area contributed by atoms with Crippen molar-refractivity contribution in [2.45, 2.75) is 45.3 Å². The standard InChI is InChI=1S/C18H25ClN6O3S/c1-10(2)11(3)17-12(7-20)16(19)14-8-21-18(23-25(14)17)22-13-5-6-24(9-15(13)26)29(4,27)28/h8,10-11,13,15,26H,5-6,9H2,1-4H3,(H,22,23)/t11?,13-,15+/m1/s1. The molecular formula is C18H25ClN6O3S. The SMILES string of the molecule is CC(C)C(C)c1c(C#N)c(Cl)c2cnc(N[C@@H]3CCN(S(C)(=O)=O)C[C@@H]3O)nn12. The molecule has 3 heterocycles. The van der Waals surface area contributed by atoms with Crippen molar-refractivity contribution in [3.63, 3.8) is 0 Å². The van der Waals surface area contributed by atoms with Crippen molar-refractivity contribution in [2.75, 3.05) is 24.7 Å². The summed E-state index contributed by atoms with van der Waals surface area (Å²) < 4.78 is 26.3. The fraction of sp³-hybridized carbons (Fsp3) is 0.611. The van der Waals surface area contributed by atoms with Crippen LogP contribution in [0.1, 0.15) is 44.4 Å². The number of β-amino-alcohol motifs (C(OH)–C–C–N with tert-alkyl or cyclic N) is 1. The average molecular weight is 441 g/mol. The van der Waals surface area contributed by atoms with E-state index >= 15 is 0 Å². The fourth-order valence-electron chi connectivity index (χ4n) is 3.48. The van der Waals surface area contributed by atoms with Gasteiger partial charge < -0.3 is 10.4 Å². The summed E-state index contributed by atoms with van der Waals surface area (Å²) >= 11 is 6.39. The van der Waals surface area contributed by atoms with Crippen LogP contribution in [0.3, 0.4) is 0 Å². The third-order valence-corrected chi connectivity index (χ3v) is 7.18. The second kappa shape index (κ2) is 8.07. The highest BCUT2D eigenvalue weighted by Gasteiger charge is 2.32. The van der Waals surface area contributed by atoms with E-state index in [1.54, 1.807) is 10.7 Å². The Labute approximate surface area is 175 Å². The summed E-state index contributed by atoms with van der Waals surface area (Å²) in [6, 6.07) is 1.78. The summed E-state index contributed by atoms with van der Waals surface area (Å²) in [6.07, 6.45) is 2.20. The molecule has 0 bridgehead atoms. The molecule has 0 radical (unpaired) electrons. The molecule has 1 fully saturated rings. The van der Waals surface area contributed by atoms with Crippen molar-refractivity contribution in [3.05, 3.63) is 22.5 Å². The molecule has 1 saturated heterocycles. The molecule has 0 aliphatic carbocycles. The average Bonchev–Trinajstić information content (AvgIpc) is 2.93. The van der Waals surface area contributed by atoms with Gasteiger partial charge in [0.25, 0.3) is 0 Å². The maximum Gasteiger partial charge on any atom is 0.241 e. The number of hydrogen-bond donors (Lipinski definition) is 2. The lowest BCUT2D eigenvalue weighted by atomic mass is 9.93. The van der Waals surface area contributed by atoms with E-state index in [2.05, 4.69) is 35.3 Å². The van der Waals surface area contributed by atoms with Crippen LogP contribution in [0.5, 0.6) is 0 Å². The molecule has 9 nitrogen and oxygen atoms in total. The Bertz CT molecular complexity index is 1060. The smallest absolute Gasteiger partial charge is 0.241 e. The molecule has 0 saturated carbocycles. The molecule has 0 aromatic carbocycles. The Morgan fingerprint density at radius 2 is 2.10 bits per heavy atom. The molecule has 158 valence electrons. The van der Waals surface area contributed by atoms with Gasteiger partial charge in [0.05, 0.1) is 40.9 Å². The first-order valence-corrected chi connectivity index (χ1v) is 11.6. The van der Waals surface area contributed by atoms with Crippen LogP contribution >= 0.6 is 11.6 Å². The van der Waals surface area contributed by atoms with Gasteiger partial charge in [-0.25, -0.2) is 17.9 Å². The minimum absolute atomic E-state index is 0.0162. The molecule has 3 rings (SSSR count). The number of nitrogens with one attached hydrogen (secondary N) is 1. The topological polar surface area (TPSA) is 124 Å². The Hall–Kier alpha value is -1.93. The number of nitrogens with zero attached hydrogens (tertiary/aromatic N) is 5.